The predicted octanol–water partition coefficient (Wildman–Crippen LogP) is 8.65. The molecule has 1 saturated heterocycles. The minimum Gasteiger partial charge on any atom is -0.306 e. The second kappa shape index (κ2) is 18.4. The van der Waals surface area contributed by atoms with Gasteiger partial charge in [0, 0.05) is 37.2 Å². The van der Waals surface area contributed by atoms with Crippen molar-refractivity contribution in [1.29, 1.82) is 0 Å². The van der Waals surface area contributed by atoms with Gasteiger partial charge in [0.15, 0.2) is 0 Å². The van der Waals surface area contributed by atoms with Crippen LogP contribution in [0.1, 0.15) is 37.8 Å². The van der Waals surface area contributed by atoms with Gasteiger partial charge in [-0.05, 0) is 57.6 Å². The summed E-state index contributed by atoms with van der Waals surface area (Å²) in [6.07, 6.45) is 2.83. The van der Waals surface area contributed by atoms with E-state index in [-0.39, 0.29) is 0 Å². The maximum absolute atomic E-state index is 2.36. The summed E-state index contributed by atoms with van der Waals surface area (Å²) in [5, 5.41) is 2.64. The maximum Gasteiger partial charge on any atom is 0 e. The van der Waals surface area contributed by atoms with Crippen molar-refractivity contribution in [3.8, 4) is 0 Å². The lowest BCUT2D eigenvalue weighted by molar-refractivity contribution is 0.418. The minimum atomic E-state index is 1.32. The molecule has 154 valence electrons. The fraction of sp³-hybridized carbons (Fsp3) is 0.360. The van der Waals surface area contributed by atoms with Gasteiger partial charge in [-0.1, -0.05) is 97.8 Å². The summed E-state index contributed by atoms with van der Waals surface area (Å²) in [5.41, 5.74) is 2.64. The third-order valence-electron chi connectivity index (χ3n) is 4.18. The molecule has 0 atom stereocenters. The molecule has 0 aliphatic carbocycles. The molecule has 3 aromatic rings. The van der Waals surface area contributed by atoms with Crippen molar-refractivity contribution in [3.05, 3.63) is 83.9 Å². The average Bonchev–Trinajstić information content (AvgIpc) is 3.23. The van der Waals surface area contributed by atoms with Crippen LogP contribution in [-0.2, 0) is 0 Å². The molecule has 1 nitrogen and oxygen atoms in total. The third-order valence-corrected chi connectivity index (χ3v) is 4.18. The molecule has 0 aromatic heterocycles. The Bertz CT molecular complexity index is 723. The second-order valence-corrected chi connectivity index (χ2v) is 6.52. The van der Waals surface area contributed by atoms with E-state index in [2.05, 4.69) is 118 Å². The molecule has 3 heteroatoms. The molecule has 0 spiro atoms. The first-order valence-corrected chi connectivity index (χ1v) is 16.2. The Hall–Kier alpha value is -0.660. The molecule has 0 saturated carbocycles. The van der Waals surface area contributed by atoms with E-state index < -0.39 is 0 Å². The topological polar surface area (TPSA) is 3.24 Å². The first-order chi connectivity index (χ1) is 13.6. The number of halogens is 2. The van der Waals surface area contributed by atoms with Crippen LogP contribution in [0.15, 0.2) is 72.8 Å². The molecule has 4 rings (SSSR count). The van der Waals surface area contributed by atoms with Gasteiger partial charge < -0.3 is 4.90 Å². The van der Waals surface area contributed by atoms with Crippen molar-refractivity contribution >= 4 is 48.0 Å². The molecule has 0 unspecified atom stereocenters. The Labute approximate surface area is 196 Å². The quantitative estimate of drug-likeness (QED) is 0.233. The smallest absolute Gasteiger partial charge is 0 e. The number of hydrogen-bond donors (Lipinski definition) is 0. The SMILES string of the molecule is CC.CN1CCCC1.Cc1ccc2ccccc2c1.Cc1ccccc1.II. The number of fused-ring (bicyclic) bond motifs is 1. The van der Waals surface area contributed by atoms with Crippen molar-refractivity contribution in [1.82, 2.24) is 4.90 Å². The summed E-state index contributed by atoms with van der Waals surface area (Å²) in [7, 11) is 2.17. The van der Waals surface area contributed by atoms with Crippen LogP contribution in [0.25, 0.3) is 10.8 Å². The van der Waals surface area contributed by atoms with Crippen LogP contribution >= 0.6 is 37.2 Å². The molecule has 1 heterocycles. The van der Waals surface area contributed by atoms with Gasteiger partial charge in [0.05, 0.1) is 0 Å². The van der Waals surface area contributed by atoms with E-state index in [0.29, 0.717) is 0 Å². The van der Waals surface area contributed by atoms with Crippen molar-refractivity contribution < 1.29 is 0 Å². The Balaban J connectivity index is 0.000000375. The van der Waals surface area contributed by atoms with Crippen LogP contribution in [0.5, 0.6) is 0 Å². The number of rotatable bonds is 0. The zero-order valence-corrected chi connectivity index (χ0v) is 22.3. The van der Waals surface area contributed by atoms with Crippen molar-refractivity contribution in [2.45, 2.75) is 40.5 Å². The molecular formula is C25H35I2N. The Kier molecular flexibility index (Phi) is 17.9. The lowest BCUT2D eigenvalue weighted by Crippen LogP contribution is -2.10. The first kappa shape index (κ1) is 27.3. The second-order valence-electron chi connectivity index (χ2n) is 6.52. The largest absolute Gasteiger partial charge is 0.306 e. The molecule has 0 amide bonds. The molecule has 1 fully saturated rings. The molecule has 1 aliphatic rings. The van der Waals surface area contributed by atoms with Gasteiger partial charge in [0.1, 0.15) is 0 Å². The van der Waals surface area contributed by atoms with E-state index in [1.54, 1.807) is 0 Å². The standard InChI is InChI=1S/C11H10.C7H8.C5H11N.C2H6.I2/c1-9-6-7-10-4-2-3-5-11(10)8-9;1-7-5-3-2-4-6-7;1-6-4-2-3-5-6;2*1-2/h2-8H,1H3;2-6H,1H3;2-5H2,1H3;1-2H3;. The van der Waals surface area contributed by atoms with Crippen molar-refractivity contribution in [3.63, 3.8) is 0 Å². The van der Waals surface area contributed by atoms with E-state index in [1.165, 1.54) is 47.8 Å². The third kappa shape index (κ3) is 12.7. The number of likely N-dealkylation sites (tertiary alicyclic amines) is 1. The Morgan fingerprint density at radius 3 is 1.57 bits per heavy atom. The molecular weight excluding hydrogens is 568 g/mol. The first-order valence-electron chi connectivity index (χ1n) is 9.95. The highest BCUT2D eigenvalue weighted by Gasteiger charge is 2.03. The van der Waals surface area contributed by atoms with Gasteiger partial charge >= 0.3 is 0 Å². The van der Waals surface area contributed by atoms with Gasteiger partial charge in [-0.15, -0.1) is 0 Å². The van der Waals surface area contributed by atoms with Crippen LogP contribution in [0.4, 0.5) is 0 Å². The normalized spacial score (nSPS) is 12.1. The number of aryl methyl sites for hydroxylation is 2. The van der Waals surface area contributed by atoms with Crippen LogP contribution in [0.2, 0.25) is 0 Å². The fourth-order valence-electron chi connectivity index (χ4n) is 2.72. The lowest BCUT2D eigenvalue weighted by atomic mass is 10.1. The molecule has 0 N–H and O–H groups in total. The summed E-state index contributed by atoms with van der Waals surface area (Å²) in [6, 6.07) is 25.2. The van der Waals surface area contributed by atoms with Gasteiger partial charge in [0.25, 0.3) is 0 Å². The van der Waals surface area contributed by atoms with Crippen LogP contribution in [-0.4, -0.2) is 25.0 Å². The zero-order chi connectivity index (χ0) is 21.2. The van der Waals surface area contributed by atoms with Gasteiger partial charge in [0.2, 0.25) is 0 Å². The van der Waals surface area contributed by atoms with Crippen LogP contribution in [0.3, 0.4) is 0 Å². The van der Waals surface area contributed by atoms with Crippen molar-refractivity contribution in [2.24, 2.45) is 0 Å². The van der Waals surface area contributed by atoms with Crippen LogP contribution < -0.4 is 0 Å². The summed E-state index contributed by atoms with van der Waals surface area (Å²) < 4.78 is 0. The van der Waals surface area contributed by atoms with E-state index in [1.807, 2.05) is 32.0 Å². The summed E-state index contributed by atoms with van der Waals surface area (Å²) in [5.74, 6) is 0. The summed E-state index contributed by atoms with van der Waals surface area (Å²) in [6.45, 7) is 10.8. The number of hydrogen-bond acceptors (Lipinski definition) is 1. The minimum absolute atomic E-state index is 1.32. The van der Waals surface area contributed by atoms with E-state index in [0.717, 1.165) is 0 Å². The molecule has 28 heavy (non-hydrogen) atoms. The predicted molar refractivity (Wildman–Crippen MR) is 146 cm³/mol. The summed E-state index contributed by atoms with van der Waals surface area (Å²) >= 11 is 4.24. The summed E-state index contributed by atoms with van der Waals surface area (Å²) in [4.78, 5) is 2.36. The monoisotopic (exact) mass is 603 g/mol. The molecule has 0 radical (unpaired) electrons. The van der Waals surface area contributed by atoms with E-state index >= 15 is 0 Å². The average molecular weight is 603 g/mol. The van der Waals surface area contributed by atoms with Gasteiger partial charge in [-0.2, -0.15) is 0 Å². The zero-order valence-electron chi connectivity index (χ0n) is 18.0. The Morgan fingerprint density at radius 1 is 0.643 bits per heavy atom. The van der Waals surface area contributed by atoms with Gasteiger partial charge in [-0.3, -0.25) is 0 Å². The highest BCUT2D eigenvalue weighted by molar-refractivity contribution is 15.0. The van der Waals surface area contributed by atoms with Crippen LogP contribution in [0, 0.1) is 13.8 Å². The van der Waals surface area contributed by atoms with Crippen molar-refractivity contribution in [2.75, 3.05) is 20.1 Å². The fourth-order valence-corrected chi connectivity index (χ4v) is 2.72. The van der Waals surface area contributed by atoms with E-state index in [4.69, 9.17) is 0 Å². The lowest BCUT2D eigenvalue weighted by Gasteiger charge is -2.01. The molecule has 1 aliphatic heterocycles. The number of benzene rings is 3. The van der Waals surface area contributed by atoms with Gasteiger partial charge in [-0.25, -0.2) is 0 Å². The molecule has 3 aromatic carbocycles. The number of nitrogens with zero attached hydrogens (tertiary/aromatic N) is 1. The highest BCUT2D eigenvalue weighted by atomic mass is 128. The van der Waals surface area contributed by atoms with E-state index in [9.17, 15) is 0 Å². The maximum atomic E-state index is 2.36. The molecule has 0 bridgehead atoms. The highest BCUT2D eigenvalue weighted by Crippen LogP contribution is 2.14. The Morgan fingerprint density at radius 2 is 1.14 bits per heavy atom.